The van der Waals surface area contributed by atoms with Gasteiger partial charge in [-0.2, -0.15) is 0 Å². The van der Waals surface area contributed by atoms with Gasteiger partial charge in [0.1, 0.15) is 12.7 Å². The first kappa shape index (κ1) is 32.4. The lowest BCUT2D eigenvalue weighted by Gasteiger charge is -2.37. The third kappa shape index (κ3) is 7.13. The molecule has 3 amide bonds. The number of aromatic nitrogens is 2. The third-order valence-electron chi connectivity index (χ3n) is 8.24. The van der Waals surface area contributed by atoms with Crippen LogP contribution in [0.5, 0.6) is 0 Å². The van der Waals surface area contributed by atoms with Gasteiger partial charge in [-0.15, -0.1) is 0 Å². The summed E-state index contributed by atoms with van der Waals surface area (Å²) in [7, 11) is -2.38. The molecule has 5 rings (SSSR count). The summed E-state index contributed by atoms with van der Waals surface area (Å²) in [5.74, 6) is -1.82. The van der Waals surface area contributed by atoms with Gasteiger partial charge in [0.05, 0.1) is 35.5 Å². The molecular formula is C30H34ClN5O8S. The van der Waals surface area contributed by atoms with Crippen LogP contribution in [0.25, 0.3) is 10.8 Å². The number of benzene rings is 2. The number of halogens is 1. The molecule has 0 spiro atoms. The number of esters is 1. The molecule has 0 radical (unpaired) electrons. The zero-order valence-electron chi connectivity index (χ0n) is 24.9. The highest BCUT2D eigenvalue weighted by Crippen LogP contribution is 2.27. The molecule has 2 aromatic carbocycles. The first-order chi connectivity index (χ1) is 21.3. The summed E-state index contributed by atoms with van der Waals surface area (Å²) in [4.78, 5) is 58.5. The Morgan fingerprint density at radius 1 is 1.13 bits per heavy atom. The van der Waals surface area contributed by atoms with E-state index in [0.29, 0.717) is 35.5 Å². The van der Waals surface area contributed by atoms with Gasteiger partial charge in [-0.05, 0) is 47.9 Å². The van der Waals surface area contributed by atoms with Crippen LogP contribution in [0.4, 0.5) is 4.79 Å². The standard InChI is InChI=1S/C30H34ClN5O8S/c1-19(37)33(2)10-9-28(39)44-17-27-32-15-24-16-35(30(41)36(24)27)23-7-11-34(12-8-23)29(40)26(38)18-45(42,43)25-6-4-20-13-22(31)5-3-21(20)14-25/h3-6,13-15,23,26,38H,7-12,16-18H2,1-2H3/t26-/m1/s1. The summed E-state index contributed by atoms with van der Waals surface area (Å²) < 4.78 is 32.8. The maximum atomic E-state index is 13.3. The van der Waals surface area contributed by atoms with Crippen molar-refractivity contribution in [3.63, 3.8) is 0 Å². The average Bonchev–Trinajstić information content (AvgIpc) is 3.57. The number of aliphatic hydroxyl groups excluding tert-OH is 1. The van der Waals surface area contributed by atoms with Gasteiger partial charge in [0, 0.05) is 44.7 Å². The van der Waals surface area contributed by atoms with Crippen molar-refractivity contribution < 1.29 is 37.4 Å². The van der Waals surface area contributed by atoms with Gasteiger partial charge in [-0.25, -0.2) is 22.8 Å². The Bertz CT molecular complexity index is 1750. The van der Waals surface area contributed by atoms with Crippen molar-refractivity contribution in [1.82, 2.24) is 24.3 Å². The van der Waals surface area contributed by atoms with E-state index < -0.39 is 33.6 Å². The zero-order valence-corrected chi connectivity index (χ0v) is 26.5. The number of amides is 3. The van der Waals surface area contributed by atoms with Crippen LogP contribution in [0, 0.1) is 0 Å². The van der Waals surface area contributed by atoms with E-state index in [2.05, 4.69) is 4.98 Å². The first-order valence-electron chi connectivity index (χ1n) is 14.5. The Morgan fingerprint density at radius 2 is 1.82 bits per heavy atom. The summed E-state index contributed by atoms with van der Waals surface area (Å²) in [5, 5.41) is 12.6. The highest BCUT2D eigenvalue weighted by atomic mass is 35.5. The van der Waals surface area contributed by atoms with Crippen LogP contribution in [-0.4, -0.2) is 106 Å². The third-order valence-corrected chi connectivity index (χ3v) is 10.2. The quantitative estimate of drug-likeness (QED) is 0.322. The van der Waals surface area contributed by atoms with Crippen LogP contribution < -0.4 is 0 Å². The minimum Gasteiger partial charge on any atom is -0.457 e. The Hall–Kier alpha value is -4.01. The van der Waals surface area contributed by atoms with Crippen LogP contribution in [0.1, 0.15) is 37.7 Å². The summed E-state index contributed by atoms with van der Waals surface area (Å²) in [5.41, 5.74) is 0.651. The van der Waals surface area contributed by atoms with Crippen molar-refractivity contribution in [3.8, 4) is 0 Å². The number of hydrogen-bond acceptors (Lipinski definition) is 9. The molecule has 1 N–H and O–H groups in total. The molecule has 0 bridgehead atoms. The molecule has 45 heavy (non-hydrogen) atoms. The SMILES string of the molecule is CC(=O)N(C)CCC(=O)OCc1ncc2n1C(=O)N(C1CCN(C(=O)[C@H](O)CS(=O)(=O)c3ccc4cc(Cl)ccc4c3)CC1)C2. The van der Waals surface area contributed by atoms with Crippen LogP contribution in [-0.2, 0) is 42.1 Å². The lowest BCUT2D eigenvalue weighted by atomic mass is 10.0. The molecule has 3 aromatic rings. The van der Waals surface area contributed by atoms with Gasteiger partial charge in [0.15, 0.2) is 15.7 Å². The van der Waals surface area contributed by atoms with Crippen LogP contribution in [0.2, 0.25) is 5.02 Å². The first-order valence-corrected chi connectivity index (χ1v) is 16.5. The van der Waals surface area contributed by atoms with Gasteiger partial charge >= 0.3 is 12.0 Å². The van der Waals surface area contributed by atoms with E-state index in [1.165, 1.54) is 33.4 Å². The lowest BCUT2D eigenvalue weighted by molar-refractivity contribution is -0.146. The highest BCUT2D eigenvalue weighted by Gasteiger charge is 2.38. The van der Waals surface area contributed by atoms with Gasteiger partial charge in [0.2, 0.25) is 5.91 Å². The van der Waals surface area contributed by atoms with E-state index in [1.807, 2.05) is 0 Å². The van der Waals surface area contributed by atoms with Crippen molar-refractivity contribution in [2.24, 2.45) is 0 Å². The molecule has 15 heteroatoms. The molecule has 1 fully saturated rings. The molecule has 1 saturated heterocycles. The number of ether oxygens (including phenoxy) is 1. The number of nitrogens with zero attached hydrogens (tertiary/aromatic N) is 5. The molecule has 0 aliphatic carbocycles. The smallest absolute Gasteiger partial charge is 0.330 e. The minimum atomic E-state index is -3.96. The highest BCUT2D eigenvalue weighted by molar-refractivity contribution is 7.91. The second kappa shape index (κ2) is 13.2. The fraction of sp³-hybridized carbons (Fsp3) is 0.433. The van der Waals surface area contributed by atoms with Crippen molar-refractivity contribution >= 4 is 56.0 Å². The number of aliphatic hydroxyl groups is 1. The van der Waals surface area contributed by atoms with Crippen LogP contribution >= 0.6 is 11.6 Å². The fourth-order valence-electron chi connectivity index (χ4n) is 5.54. The number of sulfone groups is 1. The summed E-state index contributed by atoms with van der Waals surface area (Å²) in [6.45, 7) is 2.22. The molecule has 0 unspecified atom stereocenters. The van der Waals surface area contributed by atoms with E-state index >= 15 is 0 Å². The van der Waals surface area contributed by atoms with Gasteiger partial charge in [0.25, 0.3) is 5.91 Å². The molecule has 1 atom stereocenters. The van der Waals surface area contributed by atoms with E-state index in [4.69, 9.17) is 16.3 Å². The molecule has 2 aliphatic rings. The van der Waals surface area contributed by atoms with Gasteiger partial charge in [-0.1, -0.05) is 23.7 Å². The number of likely N-dealkylation sites (tertiary alicyclic amines) is 1. The summed E-state index contributed by atoms with van der Waals surface area (Å²) in [6.07, 6.45) is 0.721. The Balaban J connectivity index is 1.12. The molecule has 3 heterocycles. The topological polar surface area (TPSA) is 159 Å². The molecule has 13 nitrogen and oxygen atoms in total. The van der Waals surface area contributed by atoms with E-state index in [9.17, 15) is 32.7 Å². The van der Waals surface area contributed by atoms with Gasteiger partial charge in [-0.3, -0.25) is 14.4 Å². The number of carbonyl (C=O) groups excluding carboxylic acids is 4. The number of carbonyl (C=O) groups is 4. The lowest BCUT2D eigenvalue weighted by Crippen LogP contribution is -2.50. The maximum absolute atomic E-state index is 13.3. The summed E-state index contributed by atoms with van der Waals surface area (Å²) in [6, 6.07) is 9.14. The Morgan fingerprint density at radius 3 is 2.53 bits per heavy atom. The van der Waals surface area contributed by atoms with Crippen molar-refractivity contribution in [2.45, 2.75) is 56.4 Å². The molecule has 2 aliphatic heterocycles. The Labute approximate surface area is 265 Å². The van der Waals surface area contributed by atoms with E-state index in [-0.39, 0.29) is 61.4 Å². The Kier molecular flexibility index (Phi) is 9.46. The van der Waals surface area contributed by atoms with Gasteiger partial charge < -0.3 is 24.5 Å². The average molecular weight is 660 g/mol. The zero-order chi connectivity index (χ0) is 32.5. The summed E-state index contributed by atoms with van der Waals surface area (Å²) >= 11 is 6.01. The maximum Gasteiger partial charge on any atom is 0.330 e. The predicted octanol–water partition coefficient (Wildman–Crippen LogP) is 2.21. The number of hydrogen-bond donors (Lipinski definition) is 1. The van der Waals surface area contributed by atoms with Crippen molar-refractivity contribution in [1.29, 1.82) is 0 Å². The number of rotatable bonds is 10. The van der Waals surface area contributed by atoms with Crippen molar-refractivity contribution in [3.05, 3.63) is 59.1 Å². The molecule has 1 aromatic heterocycles. The largest absolute Gasteiger partial charge is 0.457 e. The second-order valence-corrected chi connectivity index (χ2v) is 13.7. The minimum absolute atomic E-state index is 0.00328. The monoisotopic (exact) mass is 659 g/mol. The second-order valence-electron chi connectivity index (χ2n) is 11.3. The van der Waals surface area contributed by atoms with Crippen molar-refractivity contribution in [2.75, 3.05) is 32.4 Å². The number of imidazole rings is 1. The van der Waals surface area contributed by atoms with E-state index in [0.717, 1.165) is 5.39 Å². The van der Waals surface area contributed by atoms with Crippen LogP contribution in [0.3, 0.4) is 0 Å². The number of fused-ring (bicyclic) bond motifs is 2. The van der Waals surface area contributed by atoms with Crippen LogP contribution in [0.15, 0.2) is 47.5 Å². The number of piperidine rings is 1. The molecular weight excluding hydrogens is 626 g/mol. The van der Waals surface area contributed by atoms with E-state index in [1.54, 1.807) is 42.4 Å². The normalized spacial score (nSPS) is 16.1. The molecule has 0 saturated carbocycles. The fourth-order valence-corrected chi connectivity index (χ4v) is 7.05. The predicted molar refractivity (Wildman–Crippen MR) is 163 cm³/mol. The molecule has 240 valence electrons.